The Balaban J connectivity index is 1.54. The van der Waals surface area contributed by atoms with Crippen molar-refractivity contribution in [2.24, 2.45) is 5.92 Å². The normalized spacial score (nSPS) is 16.1. The Labute approximate surface area is 149 Å². The fourth-order valence-corrected chi connectivity index (χ4v) is 3.09. The minimum Gasteiger partial charge on any atom is -0.477 e. The lowest BCUT2D eigenvalue weighted by molar-refractivity contribution is 0.176. The fraction of sp³-hybridized carbons (Fsp3) is 0.500. The first-order valence-corrected chi connectivity index (χ1v) is 9.14. The van der Waals surface area contributed by atoms with E-state index in [1.807, 2.05) is 31.2 Å². The molecule has 0 amide bonds. The molecule has 1 aromatic heterocycles. The first-order valence-electron chi connectivity index (χ1n) is 9.14. The average molecular weight is 341 g/mol. The molecule has 5 nitrogen and oxygen atoms in total. The summed E-state index contributed by atoms with van der Waals surface area (Å²) in [4.78, 5) is 14.6. The van der Waals surface area contributed by atoms with Gasteiger partial charge in [-0.05, 0) is 57.3 Å². The Hall–Kier alpha value is -2.14. The Morgan fingerprint density at radius 1 is 1.12 bits per heavy atom. The van der Waals surface area contributed by atoms with Crippen molar-refractivity contribution >= 4 is 0 Å². The van der Waals surface area contributed by atoms with Crippen molar-refractivity contribution in [3.05, 3.63) is 52.3 Å². The van der Waals surface area contributed by atoms with Gasteiger partial charge in [0.1, 0.15) is 0 Å². The summed E-state index contributed by atoms with van der Waals surface area (Å²) in [5.41, 5.74) is 1.75. The van der Waals surface area contributed by atoms with Crippen LogP contribution in [0, 0.1) is 12.8 Å². The molecule has 2 heterocycles. The van der Waals surface area contributed by atoms with E-state index >= 15 is 0 Å². The van der Waals surface area contributed by atoms with Crippen LogP contribution in [0.15, 0.2) is 41.2 Å². The van der Waals surface area contributed by atoms with Gasteiger partial charge >= 0.3 is 0 Å². The molecule has 0 radical (unpaired) electrons. The van der Waals surface area contributed by atoms with Crippen LogP contribution in [0.4, 0.5) is 0 Å². The van der Waals surface area contributed by atoms with Crippen molar-refractivity contribution in [3.8, 4) is 11.6 Å². The van der Waals surface area contributed by atoms with Crippen LogP contribution in [0.5, 0.6) is 5.88 Å². The number of aryl methyl sites for hydroxylation is 1. The summed E-state index contributed by atoms with van der Waals surface area (Å²) in [5.74, 6) is 1.35. The van der Waals surface area contributed by atoms with Gasteiger partial charge in [0.2, 0.25) is 5.88 Å². The summed E-state index contributed by atoms with van der Waals surface area (Å²) >= 11 is 0. The number of benzene rings is 1. The predicted octanol–water partition coefficient (Wildman–Crippen LogP) is 3.04. The van der Waals surface area contributed by atoms with Crippen molar-refractivity contribution in [2.75, 3.05) is 26.2 Å². The molecule has 0 unspecified atom stereocenters. The highest BCUT2D eigenvalue weighted by Gasteiger charge is 2.14. The van der Waals surface area contributed by atoms with Crippen LogP contribution in [-0.4, -0.2) is 40.9 Å². The topological polar surface area (TPSA) is 47.4 Å². The highest BCUT2D eigenvalue weighted by atomic mass is 16.5. The molecule has 134 valence electrons. The molecule has 0 spiro atoms. The molecule has 0 N–H and O–H groups in total. The lowest BCUT2D eigenvalue weighted by Gasteiger charge is -2.29. The fourth-order valence-electron chi connectivity index (χ4n) is 3.09. The molecule has 1 aliphatic heterocycles. The molecule has 0 bridgehead atoms. The van der Waals surface area contributed by atoms with Gasteiger partial charge in [-0.1, -0.05) is 24.6 Å². The molecule has 0 saturated carbocycles. The van der Waals surface area contributed by atoms with Crippen LogP contribution in [0.1, 0.15) is 31.7 Å². The first kappa shape index (κ1) is 17.7. The molecule has 25 heavy (non-hydrogen) atoms. The maximum Gasteiger partial charge on any atom is 0.271 e. The zero-order chi connectivity index (χ0) is 17.6. The van der Waals surface area contributed by atoms with Crippen LogP contribution in [0.2, 0.25) is 0 Å². The molecular formula is C20H27N3O2. The monoisotopic (exact) mass is 341 g/mol. The number of nitrogens with zero attached hydrogens (tertiary/aromatic N) is 3. The van der Waals surface area contributed by atoms with Crippen molar-refractivity contribution in [1.82, 2.24) is 14.7 Å². The van der Waals surface area contributed by atoms with E-state index < -0.39 is 0 Å². The van der Waals surface area contributed by atoms with Gasteiger partial charge in [-0.2, -0.15) is 4.68 Å². The minimum absolute atomic E-state index is 0.154. The Kier molecular flexibility index (Phi) is 5.87. The summed E-state index contributed by atoms with van der Waals surface area (Å²) in [6, 6.07) is 10.9. The van der Waals surface area contributed by atoms with Gasteiger partial charge in [0, 0.05) is 18.7 Å². The van der Waals surface area contributed by atoms with Gasteiger partial charge in [-0.3, -0.25) is 4.79 Å². The summed E-state index contributed by atoms with van der Waals surface area (Å²) in [5, 5.41) is 4.33. The van der Waals surface area contributed by atoms with Crippen LogP contribution >= 0.6 is 0 Å². The molecule has 1 aromatic carbocycles. The summed E-state index contributed by atoms with van der Waals surface area (Å²) < 4.78 is 7.15. The van der Waals surface area contributed by atoms with Gasteiger partial charge < -0.3 is 9.64 Å². The second-order valence-electron chi connectivity index (χ2n) is 6.98. The molecule has 1 saturated heterocycles. The van der Waals surface area contributed by atoms with Crippen molar-refractivity contribution in [3.63, 3.8) is 0 Å². The highest BCUT2D eigenvalue weighted by molar-refractivity contribution is 5.33. The standard InChI is InChI=1S/C20H27N3O2/c1-16-4-6-18(7-5-16)23-20(24)9-8-19(21-23)25-15-3-12-22-13-10-17(2)11-14-22/h4-9,17H,3,10-15H2,1-2H3. The van der Waals surface area contributed by atoms with Crippen LogP contribution < -0.4 is 10.3 Å². The number of hydrogen-bond donors (Lipinski definition) is 0. The van der Waals surface area contributed by atoms with Crippen molar-refractivity contribution < 1.29 is 4.74 Å². The van der Waals surface area contributed by atoms with Gasteiger partial charge in [-0.15, -0.1) is 5.10 Å². The number of aromatic nitrogens is 2. The van der Waals surface area contributed by atoms with E-state index in [4.69, 9.17) is 4.74 Å². The summed E-state index contributed by atoms with van der Waals surface area (Å²) in [6.07, 6.45) is 3.56. The second kappa shape index (κ2) is 8.30. The number of ether oxygens (including phenoxy) is 1. The molecule has 2 aromatic rings. The zero-order valence-electron chi connectivity index (χ0n) is 15.1. The van der Waals surface area contributed by atoms with E-state index in [0.717, 1.165) is 30.1 Å². The highest BCUT2D eigenvalue weighted by Crippen LogP contribution is 2.16. The van der Waals surface area contributed by atoms with E-state index in [2.05, 4.69) is 16.9 Å². The summed E-state index contributed by atoms with van der Waals surface area (Å²) in [7, 11) is 0. The van der Waals surface area contributed by atoms with Crippen molar-refractivity contribution in [2.45, 2.75) is 33.1 Å². The lowest BCUT2D eigenvalue weighted by Crippen LogP contribution is -2.34. The predicted molar refractivity (Wildman–Crippen MR) is 99.5 cm³/mol. The van der Waals surface area contributed by atoms with E-state index in [-0.39, 0.29) is 5.56 Å². The van der Waals surface area contributed by atoms with Gasteiger partial charge in [0.25, 0.3) is 5.56 Å². The molecule has 0 aliphatic carbocycles. The third kappa shape index (κ3) is 4.92. The molecule has 1 fully saturated rings. The molecule has 3 rings (SSSR count). The number of rotatable bonds is 6. The maximum absolute atomic E-state index is 12.1. The number of piperidine rings is 1. The van der Waals surface area contributed by atoms with E-state index in [1.54, 1.807) is 6.07 Å². The quantitative estimate of drug-likeness (QED) is 0.758. The largest absolute Gasteiger partial charge is 0.477 e. The Morgan fingerprint density at radius 2 is 1.84 bits per heavy atom. The van der Waals surface area contributed by atoms with E-state index in [1.165, 1.54) is 36.7 Å². The number of likely N-dealkylation sites (tertiary alicyclic amines) is 1. The van der Waals surface area contributed by atoms with E-state index in [0.29, 0.717) is 12.5 Å². The van der Waals surface area contributed by atoms with Gasteiger partial charge in [0.15, 0.2) is 0 Å². The molecule has 0 atom stereocenters. The minimum atomic E-state index is -0.154. The van der Waals surface area contributed by atoms with Gasteiger partial charge in [-0.25, -0.2) is 0 Å². The van der Waals surface area contributed by atoms with Crippen LogP contribution in [0.3, 0.4) is 0 Å². The molecule has 1 aliphatic rings. The third-order valence-electron chi connectivity index (χ3n) is 4.80. The van der Waals surface area contributed by atoms with Gasteiger partial charge in [0.05, 0.1) is 12.3 Å². The SMILES string of the molecule is Cc1ccc(-n2nc(OCCCN3CCC(C)CC3)ccc2=O)cc1. The maximum atomic E-state index is 12.1. The number of hydrogen-bond acceptors (Lipinski definition) is 4. The first-order chi connectivity index (χ1) is 12.1. The third-order valence-corrected chi connectivity index (χ3v) is 4.80. The van der Waals surface area contributed by atoms with Crippen LogP contribution in [0.25, 0.3) is 5.69 Å². The molecular weight excluding hydrogens is 314 g/mol. The van der Waals surface area contributed by atoms with Crippen LogP contribution in [-0.2, 0) is 0 Å². The van der Waals surface area contributed by atoms with Crippen molar-refractivity contribution in [1.29, 1.82) is 0 Å². The molecule has 5 heteroatoms. The average Bonchev–Trinajstić information content (AvgIpc) is 2.62. The zero-order valence-corrected chi connectivity index (χ0v) is 15.1. The lowest BCUT2D eigenvalue weighted by atomic mass is 9.99. The smallest absolute Gasteiger partial charge is 0.271 e. The second-order valence-corrected chi connectivity index (χ2v) is 6.98. The Bertz CT molecular complexity index is 731. The Morgan fingerprint density at radius 3 is 2.56 bits per heavy atom. The summed E-state index contributed by atoms with van der Waals surface area (Å²) in [6.45, 7) is 8.41. The van der Waals surface area contributed by atoms with E-state index in [9.17, 15) is 4.79 Å².